The lowest BCUT2D eigenvalue weighted by molar-refractivity contribution is 0.138. The van der Waals surface area contributed by atoms with Crippen LogP contribution in [0.3, 0.4) is 0 Å². The molecule has 0 aromatic heterocycles. The molecular weight excluding hydrogens is 396 g/mol. The largest absolute Gasteiger partial charge is 0.493 e. The van der Waals surface area contributed by atoms with Crippen LogP contribution in [0.5, 0.6) is 5.75 Å². The number of benzene rings is 1. The van der Waals surface area contributed by atoms with E-state index in [1.54, 1.807) is 0 Å². The highest BCUT2D eigenvalue weighted by Crippen LogP contribution is 2.29. The lowest BCUT2D eigenvalue weighted by Gasteiger charge is -2.40. The minimum Gasteiger partial charge on any atom is -0.493 e. The molecule has 1 aromatic carbocycles. The number of likely N-dealkylation sites (N-methyl/N-ethyl adjacent to an activating group) is 1. The SMILES string of the molecule is CCN(C(C)Cc1ccc2c(c1)CCCO2)C(C1CCNCC1)S(C)(=O)=O.Cl. The molecule has 2 atom stereocenters. The van der Waals surface area contributed by atoms with Crippen molar-refractivity contribution in [2.75, 3.05) is 32.5 Å². The summed E-state index contributed by atoms with van der Waals surface area (Å²) in [6, 6.07) is 6.63. The summed E-state index contributed by atoms with van der Waals surface area (Å²) in [5.41, 5.74) is 2.55. The fourth-order valence-corrected chi connectivity index (χ4v) is 6.56. The number of halogens is 1. The Kier molecular flexibility index (Phi) is 8.61. The fourth-order valence-electron chi connectivity index (χ4n) is 4.74. The van der Waals surface area contributed by atoms with E-state index in [9.17, 15) is 8.42 Å². The highest BCUT2D eigenvalue weighted by Gasteiger charge is 2.37. The number of rotatable bonds is 7. The number of piperidine rings is 1. The lowest BCUT2D eigenvalue weighted by Crippen LogP contribution is -2.52. The van der Waals surface area contributed by atoms with Gasteiger partial charge in [-0.15, -0.1) is 12.4 Å². The number of ether oxygens (including phenoxy) is 1. The van der Waals surface area contributed by atoms with E-state index in [1.165, 1.54) is 17.4 Å². The van der Waals surface area contributed by atoms with Crippen molar-refractivity contribution in [1.29, 1.82) is 0 Å². The number of nitrogens with zero attached hydrogens (tertiary/aromatic N) is 1. The number of hydrogen-bond acceptors (Lipinski definition) is 5. The van der Waals surface area contributed by atoms with Crippen molar-refractivity contribution in [3.05, 3.63) is 29.3 Å². The molecule has 2 unspecified atom stereocenters. The maximum Gasteiger partial charge on any atom is 0.163 e. The summed E-state index contributed by atoms with van der Waals surface area (Å²) in [6.07, 6.45) is 6.26. The summed E-state index contributed by atoms with van der Waals surface area (Å²) in [7, 11) is -3.15. The number of fused-ring (bicyclic) bond motifs is 1. The Morgan fingerprint density at radius 1 is 1.29 bits per heavy atom. The van der Waals surface area contributed by atoms with Crippen LogP contribution in [-0.4, -0.2) is 57.2 Å². The smallest absolute Gasteiger partial charge is 0.163 e. The normalized spacial score (nSPS) is 20.0. The van der Waals surface area contributed by atoms with Crippen molar-refractivity contribution < 1.29 is 13.2 Å². The van der Waals surface area contributed by atoms with E-state index >= 15 is 0 Å². The summed E-state index contributed by atoms with van der Waals surface area (Å²) in [5.74, 6) is 1.22. The zero-order valence-electron chi connectivity index (χ0n) is 17.3. The van der Waals surface area contributed by atoms with Crippen molar-refractivity contribution in [2.24, 2.45) is 5.92 Å². The second kappa shape index (κ2) is 10.3. The van der Waals surface area contributed by atoms with E-state index in [-0.39, 0.29) is 29.7 Å². The van der Waals surface area contributed by atoms with Gasteiger partial charge in [0, 0.05) is 12.3 Å². The molecular formula is C21H35ClN2O3S. The van der Waals surface area contributed by atoms with E-state index in [0.29, 0.717) is 0 Å². The third-order valence-electron chi connectivity index (χ3n) is 5.99. The Balaban J connectivity index is 0.00000280. The van der Waals surface area contributed by atoms with Gasteiger partial charge in [-0.1, -0.05) is 19.1 Å². The third-order valence-corrected chi connectivity index (χ3v) is 7.52. The number of aryl methyl sites for hydroxylation is 1. The van der Waals surface area contributed by atoms with Crippen LogP contribution in [0.25, 0.3) is 0 Å². The molecule has 0 saturated carbocycles. The molecule has 1 fully saturated rings. The van der Waals surface area contributed by atoms with Crippen molar-refractivity contribution in [3.63, 3.8) is 0 Å². The Labute approximate surface area is 176 Å². The molecule has 1 saturated heterocycles. The second-order valence-corrected chi connectivity index (χ2v) is 10.2. The molecule has 7 heteroatoms. The second-order valence-electron chi connectivity index (χ2n) is 8.09. The van der Waals surface area contributed by atoms with Gasteiger partial charge in [-0.05, 0) is 81.8 Å². The van der Waals surface area contributed by atoms with Gasteiger partial charge < -0.3 is 10.1 Å². The van der Waals surface area contributed by atoms with Crippen molar-refractivity contribution in [1.82, 2.24) is 10.2 Å². The Bertz CT molecular complexity index is 735. The minimum atomic E-state index is -3.15. The standard InChI is InChI=1S/C21H34N2O3S.ClH/c1-4-23(21(27(3,24)25)18-9-11-22-12-10-18)16(2)14-17-7-8-20-19(15-17)6-5-13-26-20;/h7-8,15-16,18,21-22H,4-6,9-14H2,1-3H3;1H. The maximum absolute atomic E-state index is 12.7. The van der Waals surface area contributed by atoms with Crippen LogP contribution in [0.15, 0.2) is 18.2 Å². The molecule has 0 radical (unpaired) electrons. The molecule has 2 heterocycles. The molecule has 5 nitrogen and oxygen atoms in total. The summed E-state index contributed by atoms with van der Waals surface area (Å²) >= 11 is 0. The van der Waals surface area contributed by atoms with Gasteiger partial charge in [-0.25, -0.2) is 8.42 Å². The minimum absolute atomic E-state index is 0. The van der Waals surface area contributed by atoms with Crippen LogP contribution in [0.2, 0.25) is 0 Å². The average Bonchev–Trinajstić information content (AvgIpc) is 2.65. The van der Waals surface area contributed by atoms with Crippen LogP contribution in [0.4, 0.5) is 0 Å². The van der Waals surface area contributed by atoms with Gasteiger partial charge in [0.15, 0.2) is 9.84 Å². The monoisotopic (exact) mass is 430 g/mol. The zero-order chi connectivity index (χ0) is 19.4. The predicted molar refractivity (Wildman–Crippen MR) is 117 cm³/mol. The fraction of sp³-hybridized carbons (Fsp3) is 0.714. The van der Waals surface area contributed by atoms with E-state index in [4.69, 9.17) is 4.74 Å². The van der Waals surface area contributed by atoms with Gasteiger partial charge in [0.25, 0.3) is 0 Å². The highest BCUT2D eigenvalue weighted by molar-refractivity contribution is 7.91. The van der Waals surface area contributed by atoms with Gasteiger partial charge in [-0.3, -0.25) is 4.90 Å². The van der Waals surface area contributed by atoms with Crippen molar-refractivity contribution >= 4 is 22.2 Å². The Morgan fingerprint density at radius 2 is 2.00 bits per heavy atom. The van der Waals surface area contributed by atoms with Crippen LogP contribution in [-0.2, 0) is 22.7 Å². The van der Waals surface area contributed by atoms with Crippen LogP contribution >= 0.6 is 12.4 Å². The van der Waals surface area contributed by atoms with E-state index in [1.807, 2.05) is 0 Å². The van der Waals surface area contributed by atoms with E-state index in [2.05, 4.69) is 42.3 Å². The molecule has 1 aromatic rings. The number of nitrogens with one attached hydrogen (secondary N) is 1. The Hall–Kier alpha value is -0.820. The van der Waals surface area contributed by atoms with Crippen molar-refractivity contribution in [2.45, 2.75) is 57.4 Å². The van der Waals surface area contributed by atoms with E-state index in [0.717, 1.165) is 64.1 Å². The molecule has 0 spiro atoms. The molecule has 0 aliphatic carbocycles. The molecule has 160 valence electrons. The van der Waals surface area contributed by atoms with E-state index < -0.39 is 9.84 Å². The lowest BCUT2D eigenvalue weighted by atomic mass is 9.95. The molecule has 1 N–H and O–H groups in total. The molecule has 28 heavy (non-hydrogen) atoms. The van der Waals surface area contributed by atoms with Gasteiger partial charge in [0.05, 0.1) is 6.61 Å². The first kappa shape index (κ1) is 23.5. The van der Waals surface area contributed by atoms with Gasteiger partial charge in [0.1, 0.15) is 11.1 Å². The van der Waals surface area contributed by atoms with Gasteiger partial charge in [-0.2, -0.15) is 0 Å². The van der Waals surface area contributed by atoms with Crippen LogP contribution in [0, 0.1) is 5.92 Å². The third kappa shape index (κ3) is 5.62. The molecule has 2 aliphatic rings. The number of hydrogen-bond donors (Lipinski definition) is 1. The zero-order valence-corrected chi connectivity index (χ0v) is 18.9. The van der Waals surface area contributed by atoms with Crippen LogP contribution in [0.1, 0.15) is 44.2 Å². The Morgan fingerprint density at radius 3 is 2.64 bits per heavy atom. The summed E-state index contributed by atoms with van der Waals surface area (Å²) in [6.45, 7) is 7.62. The van der Waals surface area contributed by atoms with Crippen molar-refractivity contribution in [3.8, 4) is 5.75 Å². The molecule has 0 amide bonds. The maximum atomic E-state index is 12.7. The summed E-state index contributed by atoms with van der Waals surface area (Å²) < 4.78 is 31.1. The average molecular weight is 431 g/mol. The number of sulfone groups is 1. The first-order chi connectivity index (χ1) is 12.9. The first-order valence-corrected chi connectivity index (χ1v) is 12.3. The van der Waals surface area contributed by atoms with Gasteiger partial charge >= 0.3 is 0 Å². The van der Waals surface area contributed by atoms with Gasteiger partial charge in [0.2, 0.25) is 0 Å². The molecule has 2 aliphatic heterocycles. The molecule has 3 rings (SSSR count). The first-order valence-electron chi connectivity index (χ1n) is 10.3. The summed E-state index contributed by atoms with van der Waals surface area (Å²) in [4.78, 5) is 2.21. The summed E-state index contributed by atoms with van der Waals surface area (Å²) in [5, 5.41) is 2.96. The molecule has 0 bridgehead atoms. The predicted octanol–water partition coefficient (Wildman–Crippen LogP) is 3.06. The highest BCUT2D eigenvalue weighted by atomic mass is 35.5. The quantitative estimate of drug-likeness (QED) is 0.720. The topological polar surface area (TPSA) is 58.6 Å². The van der Waals surface area contributed by atoms with Crippen LogP contribution < -0.4 is 10.1 Å².